The minimum Gasteiger partial charge on any atom is -0.298 e. The highest BCUT2D eigenvalue weighted by Crippen LogP contribution is 2.38. The molecule has 0 aliphatic rings. The maximum Gasteiger partial charge on any atom is 0.150 e. The van der Waals surface area contributed by atoms with Crippen LogP contribution in [0.1, 0.15) is 15.9 Å². The van der Waals surface area contributed by atoms with Gasteiger partial charge < -0.3 is 0 Å². The Morgan fingerprint density at radius 2 is 1.61 bits per heavy atom. The van der Waals surface area contributed by atoms with Crippen LogP contribution in [0, 0.1) is 6.92 Å². The summed E-state index contributed by atoms with van der Waals surface area (Å²) in [6.07, 6.45) is 0.792. The van der Waals surface area contributed by atoms with Gasteiger partial charge in [-0.1, -0.05) is 46.9 Å². The molecule has 0 bridgehead atoms. The molecular weight excluding hydrogens is 291 g/mol. The van der Waals surface area contributed by atoms with Gasteiger partial charge in [-0.15, -0.1) is 0 Å². The number of hydrogen-bond donors (Lipinski definition) is 0. The van der Waals surface area contributed by atoms with Gasteiger partial charge in [0.15, 0.2) is 0 Å². The molecule has 92 valence electrons. The summed E-state index contributed by atoms with van der Waals surface area (Å²) in [7, 11) is 0. The van der Waals surface area contributed by atoms with E-state index in [-0.39, 0.29) is 0 Å². The number of aryl methyl sites for hydroxylation is 1. The van der Waals surface area contributed by atoms with Crippen LogP contribution in [0.2, 0.25) is 15.1 Å². The number of aldehydes is 1. The van der Waals surface area contributed by atoms with Crippen molar-refractivity contribution in [1.82, 2.24) is 0 Å². The molecule has 0 radical (unpaired) electrons. The van der Waals surface area contributed by atoms with Crippen LogP contribution in [0.4, 0.5) is 0 Å². The number of rotatable bonds is 2. The highest BCUT2D eigenvalue weighted by Gasteiger charge is 2.12. The van der Waals surface area contributed by atoms with E-state index < -0.39 is 0 Å². The Kier molecular flexibility index (Phi) is 3.96. The van der Waals surface area contributed by atoms with Crippen LogP contribution >= 0.6 is 34.8 Å². The van der Waals surface area contributed by atoms with Crippen molar-refractivity contribution < 1.29 is 4.79 Å². The van der Waals surface area contributed by atoms with E-state index >= 15 is 0 Å². The predicted octanol–water partition coefficient (Wildman–Crippen LogP) is 5.43. The minimum atomic E-state index is 0.471. The second-order valence-corrected chi connectivity index (χ2v) is 5.19. The summed E-state index contributed by atoms with van der Waals surface area (Å²) in [6, 6.07) is 8.65. The van der Waals surface area contributed by atoms with Gasteiger partial charge in [0, 0.05) is 16.1 Å². The van der Waals surface area contributed by atoms with Crippen LogP contribution in [-0.4, -0.2) is 6.29 Å². The van der Waals surface area contributed by atoms with Gasteiger partial charge >= 0.3 is 0 Å². The third-order valence-electron chi connectivity index (χ3n) is 2.67. The van der Waals surface area contributed by atoms with E-state index in [2.05, 4.69) is 0 Å². The van der Waals surface area contributed by atoms with Crippen molar-refractivity contribution in [3.63, 3.8) is 0 Å². The molecule has 2 aromatic carbocycles. The Bertz CT molecular complexity index is 597. The van der Waals surface area contributed by atoms with Crippen LogP contribution in [0.3, 0.4) is 0 Å². The molecule has 0 saturated carbocycles. The van der Waals surface area contributed by atoms with E-state index in [0.717, 1.165) is 17.4 Å². The molecule has 0 amide bonds. The maximum absolute atomic E-state index is 10.8. The Morgan fingerprint density at radius 3 is 2.17 bits per heavy atom. The molecule has 0 heterocycles. The zero-order valence-corrected chi connectivity index (χ0v) is 11.8. The molecule has 0 saturated heterocycles. The van der Waals surface area contributed by atoms with Crippen molar-refractivity contribution >= 4 is 41.1 Å². The average molecular weight is 300 g/mol. The van der Waals surface area contributed by atoms with Crippen LogP contribution < -0.4 is 0 Å². The minimum absolute atomic E-state index is 0.471. The number of carbonyl (C=O) groups excluding carboxylic acids is 1. The monoisotopic (exact) mass is 298 g/mol. The molecule has 18 heavy (non-hydrogen) atoms. The highest BCUT2D eigenvalue weighted by atomic mass is 35.5. The Balaban J connectivity index is 2.72. The number of carbonyl (C=O) groups is 1. The van der Waals surface area contributed by atoms with Crippen LogP contribution in [-0.2, 0) is 0 Å². The molecule has 0 spiro atoms. The Labute approximate surface area is 120 Å². The molecule has 0 aliphatic carbocycles. The van der Waals surface area contributed by atoms with Gasteiger partial charge in [-0.2, -0.15) is 0 Å². The van der Waals surface area contributed by atoms with Crippen LogP contribution in [0.15, 0.2) is 30.3 Å². The lowest BCUT2D eigenvalue weighted by Gasteiger charge is -2.11. The first-order valence-electron chi connectivity index (χ1n) is 5.23. The van der Waals surface area contributed by atoms with E-state index in [1.807, 2.05) is 13.0 Å². The number of hydrogen-bond acceptors (Lipinski definition) is 1. The fourth-order valence-electron chi connectivity index (χ4n) is 1.78. The summed E-state index contributed by atoms with van der Waals surface area (Å²) in [4.78, 5) is 10.8. The summed E-state index contributed by atoms with van der Waals surface area (Å²) in [6.45, 7) is 1.94. The smallest absolute Gasteiger partial charge is 0.150 e. The van der Waals surface area contributed by atoms with Gasteiger partial charge in [0.1, 0.15) is 6.29 Å². The fourth-order valence-corrected chi connectivity index (χ4v) is 2.80. The Morgan fingerprint density at radius 1 is 1.00 bits per heavy atom. The molecule has 0 fully saturated rings. The van der Waals surface area contributed by atoms with Crippen LogP contribution in [0.25, 0.3) is 11.1 Å². The van der Waals surface area contributed by atoms with Crippen molar-refractivity contribution in [3.05, 3.63) is 56.5 Å². The quantitative estimate of drug-likeness (QED) is 0.675. The van der Waals surface area contributed by atoms with Gasteiger partial charge in [-0.25, -0.2) is 0 Å². The normalized spacial score (nSPS) is 10.4. The Hall–Kier alpha value is -1.02. The number of halogens is 3. The molecule has 2 rings (SSSR count). The lowest BCUT2D eigenvalue weighted by molar-refractivity contribution is 0.112. The van der Waals surface area contributed by atoms with E-state index in [9.17, 15) is 4.79 Å². The lowest BCUT2D eigenvalue weighted by Crippen LogP contribution is -1.89. The van der Waals surface area contributed by atoms with E-state index in [4.69, 9.17) is 34.8 Å². The van der Waals surface area contributed by atoms with Gasteiger partial charge in [-0.3, -0.25) is 4.79 Å². The van der Waals surface area contributed by atoms with Gasteiger partial charge in [0.2, 0.25) is 0 Å². The SMILES string of the molecule is Cc1ccc(C=O)cc1-c1c(Cl)cc(Cl)cc1Cl. The molecule has 0 aromatic heterocycles. The van der Waals surface area contributed by atoms with Gasteiger partial charge in [0.25, 0.3) is 0 Å². The highest BCUT2D eigenvalue weighted by molar-refractivity contribution is 6.41. The van der Waals surface area contributed by atoms with Crippen molar-refractivity contribution in [3.8, 4) is 11.1 Å². The summed E-state index contributed by atoms with van der Waals surface area (Å²) in [5.74, 6) is 0. The van der Waals surface area contributed by atoms with Crippen molar-refractivity contribution in [1.29, 1.82) is 0 Å². The average Bonchev–Trinajstić information content (AvgIpc) is 2.30. The van der Waals surface area contributed by atoms with Gasteiger partial charge in [-0.05, 0) is 36.2 Å². The van der Waals surface area contributed by atoms with Crippen LogP contribution in [0.5, 0.6) is 0 Å². The molecule has 0 N–H and O–H groups in total. The predicted molar refractivity (Wildman–Crippen MR) is 77.0 cm³/mol. The van der Waals surface area contributed by atoms with Crippen molar-refractivity contribution in [2.75, 3.05) is 0 Å². The topological polar surface area (TPSA) is 17.1 Å². The summed E-state index contributed by atoms with van der Waals surface area (Å²) < 4.78 is 0. The molecule has 1 nitrogen and oxygen atoms in total. The molecule has 2 aromatic rings. The first-order valence-corrected chi connectivity index (χ1v) is 6.37. The second kappa shape index (κ2) is 5.31. The standard InChI is InChI=1S/C14H9Cl3O/c1-8-2-3-9(7-18)4-11(8)14-12(16)5-10(15)6-13(14)17/h2-7H,1H3. The second-order valence-electron chi connectivity index (χ2n) is 3.94. The summed E-state index contributed by atoms with van der Waals surface area (Å²) in [5.41, 5.74) is 3.11. The maximum atomic E-state index is 10.8. The fraction of sp³-hybridized carbons (Fsp3) is 0.0714. The summed E-state index contributed by atoms with van der Waals surface area (Å²) >= 11 is 18.2. The van der Waals surface area contributed by atoms with Crippen molar-refractivity contribution in [2.45, 2.75) is 6.92 Å². The first kappa shape index (κ1) is 13.4. The van der Waals surface area contributed by atoms with Gasteiger partial charge in [0.05, 0.1) is 10.0 Å². The van der Waals surface area contributed by atoms with E-state index in [0.29, 0.717) is 26.2 Å². The molecule has 0 unspecified atom stereocenters. The molecule has 4 heteroatoms. The lowest BCUT2D eigenvalue weighted by atomic mass is 9.98. The van der Waals surface area contributed by atoms with Crippen molar-refractivity contribution in [2.24, 2.45) is 0 Å². The summed E-state index contributed by atoms with van der Waals surface area (Å²) in [5, 5.41) is 1.43. The zero-order valence-electron chi connectivity index (χ0n) is 9.51. The molecular formula is C14H9Cl3O. The molecule has 0 aliphatic heterocycles. The zero-order chi connectivity index (χ0) is 13.3. The molecule has 0 atom stereocenters. The number of benzene rings is 2. The third-order valence-corrected chi connectivity index (χ3v) is 3.49. The third kappa shape index (κ3) is 2.54. The largest absolute Gasteiger partial charge is 0.298 e. The van der Waals surface area contributed by atoms with E-state index in [1.165, 1.54) is 0 Å². The van der Waals surface area contributed by atoms with E-state index in [1.54, 1.807) is 24.3 Å². The first-order chi connectivity index (χ1) is 8.52.